The van der Waals surface area contributed by atoms with E-state index < -0.39 is 0 Å². The number of aromatic nitrogens is 3. The summed E-state index contributed by atoms with van der Waals surface area (Å²) in [6.07, 6.45) is 3.13. The third kappa shape index (κ3) is 2.36. The van der Waals surface area contributed by atoms with Crippen LogP contribution < -0.4 is 4.90 Å². The summed E-state index contributed by atoms with van der Waals surface area (Å²) >= 11 is 0. The fourth-order valence-electron chi connectivity index (χ4n) is 3.60. The van der Waals surface area contributed by atoms with Gasteiger partial charge in [-0.25, -0.2) is 9.37 Å². The van der Waals surface area contributed by atoms with Crippen LogP contribution >= 0.6 is 0 Å². The van der Waals surface area contributed by atoms with Crippen LogP contribution in [0.3, 0.4) is 0 Å². The van der Waals surface area contributed by atoms with Gasteiger partial charge in [0.1, 0.15) is 11.3 Å². The first-order valence-electron chi connectivity index (χ1n) is 8.56. The number of aromatic amines is 1. The number of oxazole rings is 1. The number of rotatable bonds is 2. The molecule has 0 bridgehead atoms. The van der Waals surface area contributed by atoms with Crippen LogP contribution in [-0.4, -0.2) is 21.5 Å². The Kier molecular flexibility index (Phi) is 3.23. The minimum Gasteiger partial charge on any atom is -0.420 e. The van der Waals surface area contributed by atoms with E-state index in [1.165, 1.54) is 6.07 Å². The number of H-pyrrole nitrogens is 1. The van der Waals surface area contributed by atoms with Crippen LogP contribution in [0.15, 0.2) is 46.9 Å². The number of hydrogen-bond acceptors (Lipinski definition) is 4. The molecule has 6 heteroatoms. The monoisotopic (exact) mass is 336 g/mol. The van der Waals surface area contributed by atoms with Gasteiger partial charge in [0.05, 0.1) is 17.1 Å². The summed E-state index contributed by atoms with van der Waals surface area (Å²) in [5, 5.41) is 0. The molecule has 25 heavy (non-hydrogen) atoms. The first-order chi connectivity index (χ1) is 12.3. The van der Waals surface area contributed by atoms with Crippen molar-refractivity contribution in [3.63, 3.8) is 0 Å². The van der Waals surface area contributed by atoms with Crippen LogP contribution in [0.5, 0.6) is 0 Å². The number of benzene rings is 2. The highest BCUT2D eigenvalue weighted by Gasteiger charge is 2.30. The van der Waals surface area contributed by atoms with Crippen LogP contribution in [0.25, 0.3) is 22.1 Å². The maximum Gasteiger partial charge on any atom is 0.299 e. The Morgan fingerprint density at radius 1 is 1.04 bits per heavy atom. The van der Waals surface area contributed by atoms with Gasteiger partial charge >= 0.3 is 0 Å². The molecule has 0 radical (unpaired) electrons. The predicted molar refractivity (Wildman–Crippen MR) is 94.0 cm³/mol. The third-order valence-corrected chi connectivity index (χ3v) is 4.83. The van der Waals surface area contributed by atoms with Gasteiger partial charge in [-0.15, -0.1) is 0 Å². The predicted octanol–water partition coefficient (Wildman–Crippen LogP) is 4.57. The summed E-state index contributed by atoms with van der Waals surface area (Å²) in [6, 6.07) is 13.3. The van der Waals surface area contributed by atoms with E-state index in [1.807, 2.05) is 24.3 Å². The van der Waals surface area contributed by atoms with Crippen molar-refractivity contribution in [1.29, 1.82) is 0 Å². The minimum absolute atomic E-state index is 0.0530. The summed E-state index contributed by atoms with van der Waals surface area (Å²) in [6.45, 7) is 0.816. The number of anilines is 1. The first kappa shape index (κ1) is 14.5. The Labute approximate surface area is 143 Å². The van der Waals surface area contributed by atoms with E-state index >= 15 is 0 Å². The van der Waals surface area contributed by atoms with Gasteiger partial charge in [-0.05, 0) is 43.5 Å². The molecule has 1 unspecified atom stereocenters. The first-order valence-corrected chi connectivity index (χ1v) is 8.56. The molecule has 1 N–H and O–H groups in total. The molecule has 1 aliphatic rings. The molecule has 4 aromatic rings. The minimum atomic E-state index is -0.381. The number of fused-ring (bicyclic) bond motifs is 2. The van der Waals surface area contributed by atoms with E-state index in [0.29, 0.717) is 11.5 Å². The number of nitrogens with zero attached hydrogens (tertiary/aromatic N) is 3. The highest BCUT2D eigenvalue weighted by Crippen LogP contribution is 2.35. The van der Waals surface area contributed by atoms with E-state index in [2.05, 4.69) is 14.9 Å². The van der Waals surface area contributed by atoms with Gasteiger partial charge in [-0.2, -0.15) is 4.98 Å². The summed E-state index contributed by atoms with van der Waals surface area (Å²) in [4.78, 5) is 14.8. The standard InChI is InChI=1S/C19H17FN4O/c20-12-6-5-9-15-17(12)25-19(23-15)24-11-4-3-10-16(24)18-21-13-7-1-2-8-14(13)22-18/h1-2,5-9,16H,3-4,10-11H2,(H,21,22). The molecule has 0 saturated carbocycles. The fourth-order valence-corrected chi connectivity index (χ4v) is 3.60. The average molecular weight is 336 g/mol. The lowest BCUT2D eigenvalue weighted by molar-refractivity contribution is 0.420. The molecule has 0 amide bonds. The van der Waals surface area contributed by atoms with Gasteiger partial charge in [0, 0.05) is 6.54 Å². The van der Waals surface area contributed by atoms with Crippen molar-refractivity contribution in [2.45, 2.75) is 25.3 Å². The number of nitrogens with one attached hydrogen (secondary N) is 1. The number of para-hydroxylation sites is 3. The second kappa shape index (κ2) is 5.58. The average Bonchev–Trinajstić information content (AvgIpc) is 3.26. The quantitative estimate of drug-likeness (QED) is 0.582. The molecule has 5 rings (SSSR count). The van der Waals surface area contributed by atoms with Gasteiger partial charge in [0.25, 0.3) is 6.01 Å². The Morgan fingerprint density at radius 2 is 1.92 bits per heavy atom. The van der Waals surface area contributed by atoms with Crippen LogP contribution in [0.4, 0.5) is 10.4 Å². The van der Waals surface area contributed by atoms with Gasteiger partial charge in [0.15, 0.2) is 11.4 Å². The lowest BCUT2D eigenvalue weighted by Crippen LogP contribution is -2.34. The number of piperidine rings is 1. The molecule has 1 aliphatic heterocycles. The summed E-state index contributed by atoms with van der Waals surface area (Å²) in [7, 11) is 0. The maximum atomic E-state index is 14.0. The topological polar surface area (TPSA) is 58.0 Å². The highest BCUT2D eigenvalue weighted by atomic mass is 19.1. The zero-order valence-electron chi connectivity index (χ0n) is 13.6. The molecule has 1 atom stereocenters. The second-order valence-electron chi connectivity index (χ2n) is 6.43. The summed E-state index contributed by atoms with van der Waals surface area (Å²) in [5.74, 6) is 0.525. The normalized spacial score (nSPS) is 18.3. The largest absolute Gasteiger partial charge is 0.420 e. The molecule has 1 fully saturated rings. The molecule has 126 valence electrons. The van der Waals surface area contributed by atoms with Gasteiger partial charge in [-0.3, -0.25) is 0 Å². The molecule has 3 heterocycles. The van der Waals surface area contributed by atoms with Crippen molar-refractivity contribution < 1.29 is 8.81 Å². The number of halogens is 1. The summed E-state index contributed by atoms with van der Waals surface area (Å²) < 4.78 is 19.7. The zero-order chi connectivity index (χ0) is 16.8. The Hall–Kier alpha value is -2.89. The molecule has 0 aliphatic carbocycles. The molecule has 0 spiro atoms. The van der Waals surface area contributed by atoms with Crippen molar-refractivity contribution in [3.8, 4) is 0 Å². The number of imidazole rings is 1. The fraction of sp³-hybridized carbons (Fsp3) is 0.263. The Morgan fingerprint density at radius 3 is 2.80 bits per heavy atom. The molecular formula is C19H17FN4O. The zero-order valence-corrected chi connectivity index (χ0v) is 13.6. The van der Waals surface area contributed by atoms with Crippen LogP contribution in [0.2, 0.25) is 0 Å². The molecule has 1 saturated heterocycles. The highest BCUT2D eigenvalue weighted by molar-refractivity contribution is 5.76. The molecule has 2 aromatic carbocycles. The summed E-state index contributed by atoms with van der Waals surface area (Å²) in [5.41, 5.74) is 2.73. The maximum absolute atomic E-state index is 14.0. The Balaban J connectivity index is 1.58. The molecule has 2 aromatic heterocycles. The van der Waals surface area contributed by atoms with E-state index in [4.69, 9.17) is 9.40 Å². The molecular weight excluding hydrogens is 319 g/mol. The lowest BCUT2D eigenvalue weighted by Gasteiger charge is -2.33. The van der Waals surface area contributed by atoms with Crippen LogP contribution in [0.1, 0.15) is 31.1 Å². The number of hydrogen-bond donors (Lipinski definition) is 1. The van der Waals surface area contributed by atoms with E-state index in [1.54, 1.807) is 12.1 Å². The SMILES string of the molecule is Fc1cccc2nc(N3CCCCC3c3nc4ccccc4[nH]3)oc12. The third-order valence-electron chi connectivity index (χ3n) is 4.83. The second-order valence-corrected chi connectivity index (χ2v) is 6.43. The molecule has 5 nitrogen and oxygen atoms in total. The van der Waals surface area contributed by atoms with Crippen molar-refractivity contribution in [1.82, 2.24) is 15.0 Å². The smallest absolute Gasteiger partial charge is 0.299 e. The van der Waals surface area contributed by atoms with E-state index in [9.17, 15) is 4.39 Å². The van der Waals surface area contributed by atoms with Gasteiger partial charge < -0.3 is 14.3 Å². The lowest BCUT2D eigenvalue weighted by atomic mass is 10.0. The Bertz CT molecular complexity index is 1020. The van der Waals surface area contributed by atoms with Crippen LogP contribution in [-0.2, 0) is 0 Å². The van der Waals surface area contributed by atoms with E-state index in [0.717, 1.165) is 42.7 Å². The van der Waals surface area contributed by atoms with Crippen LogP contribution in [0, 0.1) is 5.82 Å². The van der Waals surface area contributed by atoms with Crippen molar-refractivity contribution in [2.24, 2.45) is 0 Å². The van der Waals surface area contributed by atoms with E-state index in [-0.39, 0.29) is 17.4 Å². The van der Waals surface area contributed by atoms with Crippen molar-refractivity contribution >= 4 is 28.1 Å². The van der Waals surface area contributed by atoms with Gasteiger partial charge in [0.2, 0.25) is 0 Å². The van der Waals surface area contributed by atoms with Gasteiger partial charge in [-0.1, -0.05) is 18.2 Å². The van der Waals surface area contributed by atoms with Crippen molar-refractivity contribution in [2.75, 3.05) is 11.4 Å². The van der Waals surface area contributed by atoms with Crippen molar-refractivity contribution in [3.05, 3.63) is 54.1 Å².